The first-order valence-corrected chi connectivity index (χ1v) is 10.7. The third kappa shape index (κ3) is 8.24. The maximum Gasteiger partial charge on any atom is 0.410 e. The molecule has 0 aliphatic carbocycles. The van der Waals surface area contributed by atoms with Gasteiger partial charge in [0.2, 0.25) is 0 Å². The van der Waals surface area contributed by atoms with Crippen molar-refractivity contribution in [3.05, 3.63) is 29.6 Å². The Hall–Kier alpha value is -2.55. The zero-order valence-electron chi connectivity index (χ0n) is 19.3. The van der Waals surface area contributed by atoms with Crippen LogP contribution in [0.1, 0.15) is 32.8 Å². The maximum absolute atomic E-state index is 14.8. The zero-order chi connectivity index (χ0) is 22.9. The number of benzene rings is 1. The van der Waals surface area contributed by atoms with Crippen LogP contribution in [0.4, 0.5) is 14.9 Å². The van der Waals surface area contributed by atoms with Gasteiger partial charge < -0.3 is 29.9 Å². The number of rotatable bonds is 7. The molecule has 31 heavy (non-hydrogen) atoms. The fourth-order valence-corrected chi connectivity index (χ4v) is 3.20. The Morgan fingerprint density at radius 2 is 1.90 bits per heavy atom. The van der Waals surface area contributed by atoms with Crippen molar-refractivity contribution in [3.8, 4) is 0 Å². The molecule has 0 atom stereocenters. The van der Waals surface area contributed by atoms with Gasteiger partial charge in [-0.25, -0.2) is 9.18 Å². The third-order valence-electron chi connectivity index (χ3n) is 4.79. The average Bonchev–Trinajstić information content (AvgIpc) is 2.72. The highest BCUT2D eigenvalue weighted by molar-refractivity contribution is 5.79. The van der Waals surface area contributed by atoms with Gasteiger partial charge in [-0.3, -0.25) is 4.99 Å². The molecule has 0 aromatic heterocycles. The van der Waals surface area contributed by atoms with E-state index in [1.165, 1.54) is 0 Å². The lowest BCUT2D eigenvalue weighted by atomic mass is 10.1. The highest BCUT2D eigenvalue weighted by Crippen LogP contribution is 2.22. The molecule has 0 radical (unpaired) electrons. The van der Waals surface area contributed by atoms with Gasteiger partial charge >= 0.3 is 6.09 Å². The molecular weight excluding hydrogens is 401 g/mol. The van der Waals surface area contributed by atoms with Crippen LogP contribution in [0.25, 0.3) is 0 Å². The van der Waals surface area contributed by atoms with Gasteiger partial charge in [0.25, 0.3) is 0 Å². The molecule has 0 unspecified atom stereocenters. The number of nitrogens with zero attached hydrogens (tertiary/aromatic N) is 3. The van der Waals surface area contributed by atoms with E-state index in [1.54, 1.807) is 31.2 Å². The standard InChI is InChI=1S/C22H36FN5O3/c1-22(2,3)31-21(29)28-12-10-27(11-13-28)19-8-7-17(15-18(19)23)16-26-20(24-4)25-9-6-14-30-5/h7-8,15H,6,9-14,16H2,1-5H3,(H2,24,25,26). The van der Waals surface area contributed by atoms with Crippen LogP contribution < -0.4 is 15.5 Å². The number of guanidine groups is 1. The van der Waals surface area contributed by atoms with E-state index in [2.05, 4.69) is 15.6 Å². The number of hydrogen-bond acceptors (Lipinski definition) is 5. The first kappa shape index (κ1) is 24.7. The van der Waals surface area contributed by atoms with Crippen LogP contribution in [0, 0.1) is 5.82 Å². The molecule has 1 heterocycles. The number of anilines is 1. The number of amides is 1. The van der Waals surface area contributed by atoms with Gasteiger partial charge in [0.1, 0.15) is 11.4 Å². The van der Waals surface area contributed by atoms with Crippen molar-refractivity contribution < 1.29 is 18.7 Å². The van der Waals surface area contributed by atoms with Crippen molar-refractivity contribution >= 4 is 17.7 Å². The molecule has 0 bridgehead atoms. The molecule has 174 valence electrons. The van der Waals surface area contributed by atoms with Gasteiger partial charge in [0, 0.05) is 60.0 Å². The van der Waals surface area contributed by atoms with Crippen LogP contribution >= 0.6 is 0 Å². The molecule has 0 spiro atoms. The highest BCUT2D eigenvalue weighted by atomic mass is 19.1. The van der Waals surface area contributed by atoms with Gasteiger partial charge in [0.05, 0.1) is 5.69 Å². The van der Waals surface area contributed by atoms with Crippen LogP contribution in [-0.2, 0) is 16.0 Å². The number of carbonyl (C=O) groups is 1. The molecule has 1 fully saturated rings. The Morgan fingerprint density at radius 1 is 1.19 bits per heavy atom. The van der Waals surface area contributed by atoms with E-state index in [0.717, 1.165) is 18.5 Å². The molecule has 1 amide bonds. The molecule has 1 saturated heterocycles. The lowest BCUT2D eigenvalue weighted by Gasteiger charge is -2.36. The summed E-state index contributed by atoms with van der Waals surface area (Å²) in [6, 6.07) is 5.24. The molecule has 8 nitrogen and oxygen atoms in total. The Kier molecular flexibility index (Phi) is 9.36. The van der Waals surface area contributed by atoms with Gasteiger partial charge in [-0.1, -0.05) is 6.07 Å². The number of methoxy groups -OCH3 is 1. The van der Waals surface area contributed by atoms with Gasteiger partial charge in [-0.15, -0.1) is 0 Å². The quantitative estimate of drug-likeness (QED) is 0.388. The number of piperazine rings is 1. The molecule has 1 aliphatic rings. The Bertz CT molecular complexity index is 743. The van der Waals surface area contributed by atoms with E-state index in [9.17, 15) is 9.18 Å². The minimum absolute atomic E-state index is 0.270. The number of halogens is 1. The van der Waals surface area contributed by atoms with Crippen molar-refractivity contribution in [1.82, 2.24) is 15.5 Å². The van der Waals surface area contributed by atoms with Crippen molar-refractivity contribution in [1.29, 1.82) is 0 Å². The fraction of sp³-hybridized carbons (Fsp3) is 0.636. The van der Waals surface area contributed by atoms with E-state index in [4.69, 9.17) is 9.47 Å². The highest BCUT2D eigenvalue weighted by Gasteiger charge is 2.26. The molecule has 9 heteroatoms. The van der Waals surface area contributed by atoms with Crippen LogP contribution in [0.2, 0.25) is 0 Å². The topological polar surface area (TPSA) is 78.4 Å². The van der Waals surface area contributed by atoms with Gasteiger partial charge in [-0.05, 0) is 44.9 Å². The summed E-state index contributed by atoms with van der Waals surface area (Å²) in [6.45, 7) is 9.56. The van der Waals surface area contributed by atoms with Gasteiger partial charge in [0.15, 0.2) is 5.96 Å². The minimum Gasteiger partial charge on any atom is -0.444 e. The summed E-state index contributed by atoms with van der Waals surface area (Å²) in [7, 11) is 3.37. The van der Waals surface area contributed by atoms with E-state index >= 15 is 0 Å². The zero-order valence-corrected chi connectivity index (χ0v) is 19.3. The smallest absolute Gasteiger partial charge is 0.410 e. The van der Waals surface area contributed by atoms with Crippen molar-refractivity contribution in [2.45, 2.75) is 39.3 Å². The van der Waals surface area contributed by atoms with Crippen molar-refractivity contribution in [2.75, 3.05) is 58.4 Å². The number of aliphatic imine (C=N–C) groups is 1. The summed E-state index contributed by atoms with van der Waals surface area (Å²) < 4.78 is 25.2. The number of carbonyl (C=O) groups excluding carboxylic acids is 1. The molecule has 1 aliphatic heterocycles. The summed E-state index contributed by atoms with van der Waals surface area (Å²) in [5, 5.41) is 6.38. The lowest BCUT2D eigenvalue weighted by molar-refractivity contribution is 0.0240. The monoisotopic (exact) mass is 437 g/mol. The third-order valence-corrected chi connectivity index (χ3v) is 4.79. The molecule has 2 rings (SSSR count). The second-order valence-electron chi connectivity index (χ2n) is 8.44. The average molecular weight is 438 g/mol. The van der Waals surface area contributed by atoms with Crippen LogP contribution in [0.5, 0.6) is 0 Å². The lowest BCUT2D eigenvalue weighted by Crippen LogP contribution is -2.50. The van der Waals surface area contributed by atoms with Crippen molar-refractivity contribution in [3.63, 3.8) is 0 Å². The first-order valence-electron chi connectivity index (χ1n) is 10.7. The van der Waals surface area contributed by atoms with E-state index < -0.39 is 5.60 Å². The molecule has 2 N–H and O–H groups in total. The first-order chi connectivity index (χ1) is 14.7. The summed E-state index contributed by atoms with van der Waals surface area (Å²) >= 11 is 0. The number of ether oxygens (including phenoxy) is 2. The second-order valence-corrected chi connectivity index (χ2v) is 8.44. The molecule has 1 aromatic carbocycles. The number of hydrogen-bond donors (Lipinski definition) is 2. The number of nitrogens with one attached hydrogen (secondary N) is 2. The Balaban J connectivity index is 1.85. The van der Waals surface area contributed by atoms with Crippen molar-refractivity contribution in [2.24, 2.45) is 4.99 Å². The minimum atomic E-state index is -0.522. The second kappa shape index (κ2) is 11.7. The molecule has 1 aromatic rings. The fourth-order valence-electron chi connectivity index (χ4n) is 3.20. The van der Waals surface area contributed by atoms with E-state index in [-0.39, 0.29) is 11.9 Å². The summed E-state index contributed by atoms with van der Waals surface area (Å²) in [5.74, 6) is 0.395. The van der Waals surface area contributed by atoms with E-state index in [1.807, 2.05) is 31.7 Å². The van der Waals surface area contributed by atoms with Crippen LogP contribution in [0.15, 0.2) is 23.2 Å². The summed E-state index contributed by atoms with van der Waals surface area (Å²) in [4.78, 5) is 20.0. The van der Waals surface area contributed by atoms with E-state index in [0.29, 0.717) is 51.0 Å². The molecular formula is C22H36FN5O3. The normalized spacial score (nSPS) is 15.1. The van der Waals surface area contributed by atoms with Crippen LogP contribution in [0.3, 0.4) is 0 Å². The van der Waals surface area contributed by atoms with Crippen LogP contribution in [-0.4, -0.2) is 76.0 Å². The maximum atomic E-state index is 14.8. The summed E-state index contributed by atoms with van der Waals surface area (Å²) in [5.41, 5.74) is 0.856. The predicted octanol–water partition coefficient (Wildman–Crippen LogP) is 2.58. The van der Waals surface area contributed by atoms with Gasteiger partial charge in [-0.2, -0.15) is 0 Å². The SMILES string of the molecule is CN=C(NCCCOC)NCc1ccc(N2CCN(C(=O)OC(C)(C)C)CC2)c(F)c1. The molecule has 0 saturated carbocycles. The Labute approximate surface area is 184 Å². The largest absolute Gasteiger partial charge is 0.444 e. The Morgan fingerprint density at radius 3 is 2.48 bits per heavy atom. The predicted molar refractivity (Wildman–Crippen MR) is 121 cm³/mol. The summed E-state index contributed by atoms with van der Waals surface area (Å²) in [6.07, 6.45) is 0.556.